The van der Waals surface area contributed by atoms with Crippen LogP contribution in [0.4, 0.5) is 0 Å². The third kappa shape index (κ3) is 8.34. The molecule has 4 N–H and O–H groups in total. The van der Waals surface area contributed by atoms with E-state index in [-0.39, 0.29) is 13.2 Å². The van der Waals surface area contributed by atoms with E-state index in [1.54, 1.807) is 48.5 Å². The fourth-order valence-corrected chi connectivity index (χ4v) is 2.94. The van der Waals surface area contributed by atoms with E-state index in [4.69, 9.17) is 20.4 Å². The molecule has 4 heteroatoms. The molecule has 0 heterocycles. The lowest BCUT2D eigenvalue weighted by molar-refractivity contribution is 0.186. The molecular weight excluding hydrogens is 388 g/mol. The summed E-state index contributed by atoms with van der Waals surface area (Å²) in [7, 11) is 0. The van der Waals surface area contributed by atoms with Crippen molar-refractivity contribution in [3.05, 3.63) is 120 Å². The monoisotopic (exact) mass is 416 g/mol. The van der Waals surface area contributed by atoms with Gasteiger partial charge in [-0.1, -0.05) is 84.9 Å². The molecule has 5 rings (SSSR count). The van der Waals surface area contributed by atoms with Crippen molar-refractivity contribution in [2.45, 2.75) is 6.42 Å². The molecule has 160 valence electrons. The fourth-order valence-electron chi connectivity index (χ4n) is 2.94. The quantitative estimate of drug-likeness (QED) is 0.310. The van der Waals surface area contributed by atoms with Gasteiger partial charge in [0.1, 0.15) is 11.5 Å². The zero-order chi connectivity index (χ0) is 22.3. The summed E-state index contributed by atoms with van der Waals surface area (Å²) in [6.45, 7) is -0.250. The summed E-state index contributed by atoms with van der Waals surface area (Å²) in [5.74, 6) is 0.644. The van der Waals surface area contributed by atoms with Crippen LogP contribution < -0.4 is 0 Å². The second-order valence-electron chi connectivity index (χ2n) is 6.61. The normalized spacial score (nSPS) is 10.0. The number of hydrogen-bond acceptors (Lipinski definition) is 4. The summed E-state index contributed by atoms with van der Waals surface area (Å²) in [6.07, 6.45) is 1.10. The molecule has 0 atom stereocenters. The van der Waals surface area contributed by atoms with Gasteiger partial charge in [-0.05, 0) is 52.9 Å². The number of hydrogen-bond donors (Lipinski definition) is 4. The van der Waals surface area contributed by atoms with Crippen LogP contribution in [0.1, 0.15) is 11.1 Å². The molecule has 0 bridgehead atoms. The van der Waals surface area contributed by atoms with Crippen molar-refractivity contribution in [3.63, 3.8) is 0 Å². The predicted octanol–water partition coefficient (Wildman–Crippen LogP) is 5.01. The van der Waals surface area contributed by atoms with Crippen LogP contribution in [0.15, 0.2) is 109 Å². The van der Waals surface area contributed by atoms with Gasteiger partial charge in [-0.2, -0.15) is 0 Å². The number of aromatic hydroxyl groups is 2. The van der Waals surface area contributed by atoms with E-state index in [0.29, 0.717) is 11.5 Å². The van der Waals surface area contributed by atoms with Gasteiger partial charge in [-0.25, -0.2) is 0 Å². The lowest BCUT2D eigenvalue weighted by Gasteiger charge is -1.98. The van der Waals surface area contributed by atoms with Crippen LogP contribution in [0, 0.1) is 0 Å². The van der Waals surface area contributed by atoms with Crippen molar-refractivity contribution >= 4 is 0 Å². The number of phenolic OH excluding ortho intramolecular Hbond substituents is 2. The zero-order valence-corrected chi connectivity index (χ0v) is 17.3. The largest absolute Gasteiger partial charge is 0.508 e. The molecular formula is C27H28O4. The topological polar surface area (TPSA) is 80.9 Å². The third-order valence-corrected chi connectivity index (χ3v) is 4.32. The maximum atomic E-state index is 8.63. The molecule has 1 aliphatic carbocycles. The lowest BCUT2D eigenvalue weighted by atomic mass is 10.1. The summed E-state index contributed by atoms with van der Waals surface area (Å²) in [6, 6.07) is 34.7. The maximum Gasteiger partial charge on any atom is 0.115 e. The Morgan fingerprint density at radius 2 is 0.774 bits per heavy atom. The van der Waals surface area contributed by atoms with Crippen molar-refractivity contribution in [2.24, 2.45) is 0 Å². The number of aliphatic hydroxyl groups excluding tert-OH is 2. The van der Waals surface area contributed by atoms with Gasteiger partial charge in [0.15, 0.2) is 0 Å². The molecule has 0 saturated heterocycles. The van der Waals surface area contributed by atoms with E-state index in [1.807, 2.05) is 12.1 Å². The minimum atomic E-state index is -0.125. The summed E-state index contributed by atoms with van der Waals surface area (Å²) < 4.78 is 0. The average molecular weight is 417 g/mol. The van der Waals surface area contributed by atoms with Gasteiger partial charge < -0.3 is 20.4 Å². The van der Waals surface area contributed by atoms with E-state index in [2.05, 4.69) is 48.5 Å². The summed E-state index contributed by atoms with van der Waals surface area (Å²) >= 11 is 0. The second kappa shape index (κ2) is 13.6. The Bertz CT molecular complexity index is 919. The Labute approximate surface area is 183 Å². The van der Waals surface area contributed by atoms with Gasteiger partial charge in [0, 0.05) is 0 Å². The molecule has 0 aromatic heterocycles. The van der Waals surface area contributed by atoms with Crippen molar-refractivity contribution in [1.82, 2.24) is 0 Å². The number of para-hydroxylation sites is 2. The van der Waals surface area contributed by atoms with Crippen LogP contribution in [-0.4, -0.2) is 33.6 Å². The number of phenols is 2. The summed E-state index contributed by atoms with van der Waals surface area (Å²) in [5.41, 5.74) is 5.75. The molecule has 4 aromatic rings. The molecule has 0 saturated carbocycles. The Morgan fingerprint density at radius 3 is 1.06 bits per heavy atom. The lowest BCUT2D eigenvalue weighted by Crippen LogP contribution is -1.85. The van der Waals surface area contributed by atoms with Crippen LogP contribution in [0.3, 0.4) is 0 Å². The van der Waals surface area contributed by atoms with Gasteiger partial charge in [0.25, 0.3) is 0 Å². The van der Waals surface area contributed by atoms with Gasteiger partial charge in [-0.3, -0.25) is 0 Å². The SMILES string of the molecule is OCCO.Oc1ccccc1.Oc1ccccc1.c1ccc2c(c1)Cc1ccccc1-2. The van der Waals surface area contributed by atoms with Crippen molar-refractivity contribution in [3.8, 4) is 22.6 Å². The Kier molecular flexibility index (Phi) is 10.4. The Balaban J connectivity index is 0.000000163. The van der Waals surface area contributed by atoms with Crippen molar-refractivity contribution in [2.75, 3.05) is 13.2 Å². The summed E-state index contributed by atoms with van der Waals surface area (Å²) in [5, 5.41) is 32.5. The number of fused-ring (bicyclic) bond motifs is 3. The number of rotatable bonds is 1. The zero-order valence-electron chi connectivity index (χ0n) is 17.3. The number of benzene rings is 4. The van der Waals surface area contributed by atoms with Crippen molar-refractivity contribution < 1.29 is 20.4 Å². The molecule has 0 radical (unpaired) electrons. The molecule has 0 fully saturated rings. The molecule has 0 unspecified atom stereocenters. The minimum absolute atomic E-state index is 0.125. The second-order valence-corrected chi connectivity index (χ2v) is 6.61. The molecule has 0 amide bonds. The maximum absolute atomic E-state index is 8.63. The van der Waals surface area contributed by atoms with E-state index in [9.17, 15) is 0 Å². The highest BCUT2D eigenvalue weighted by Gasteiger charge is 2.15. The van der Waals surface area contributed by atoms with E-state index in [0.717, 1.165) is 6.42 Å². The molecule has 31 heavy (non-hydrogen) atoms. The van der Waals surface area contributed by atoms with Gasteiger partial charge in [0.2, 0.25) is 0 Å². The van der Waals surface area contributed by atoms with Gasteiger partial charge in [0.05, 0.1) is 13.2 Å². The first-order valence-corrected chi connectivity index (χ1v) is 10.0. The number of aliphatic hydroxyl groups is 2. The van der Waals surface area contributed by atoms with Crippen LogP contribution >= 0.6 is 0 Å². The average Bonchev–Trinajstić information content (AvgIpc) is 3.20. The molecule has 4 aromatic carbocycles. The highest BCUT2D eigenvalue weighted by molar-refractivity contribution is 5.76. The smallest absolute Gasteiger partial charge is 0.115 e. The van der Waals surface area contributed by atoms with Gasteiger partial charge >= 0.3 is 0 Å². The highest BCUT2D eigenvalue weighted by atomic mass is 16.3. The molecule has 0 spiro atoms. The fraction of sp³-hybridized carbons (Fsp3) is 0.111. The van der Waals surface area contributed by atoms with E-state index < -0.39 is 0 Å². The Hall–Kier alpha value is -3.60. The first-order valence-electron chi connectivity index (χ1n) is 10.0. The molecule has 1 aliphatic rings. The van der Waals surface area contributed by atoms with Crippen molar-refractivity contribution in [1.29, 1.82) is 0 Å². The third-order valence-electron chi connectivity index (χ3n) is 4.32. The molecule has 4 nitrogen and oxygen atoms in total. The minimum Gasteiger partial charge on any atom is -0.508 e. The first kappa shape index (κ1) is 23.7. The van der Waals surface area contributed by atoms with E-state index in [1.165, 1.54) is 22.3 Å². The highest BCUT2D eigenvalue weighted by Crippen LogP contribution is 2.35. The molecule has 0 aliphatic heterocycles. The van der Waals surface area contributed by atoms with Gasteiger partial charge in [-0.15, -0.1) is 0 Å². The summed E-state index contributed by atoms with van der Waals surface area (Å²) in [4.78, 5) is 0. The first-order chi connectivity index (χ1) is 15.2. The van der Waals surface area contributed by atoms with Crippen LogP contribution in [0.2, 0.25) is 0 Å². The van der Waals surface area contributed by atoms with Crippen LogP contribution in [0.25, 0.3) is 11.1 Å². The predicted molar refractivity (Wildman–Crippen MR) is 125 cm³/mol. The van der Waals surface area contributed by atoms with E-state index >= 15 is 0 Å². The van der Waals surface area contributed by atoms with Crippen LogP contribution in [-0.2, 0) is 6.42 Å². The van der Waals surface area contributed by atoms with Crippen LogP contribution in [0.5, 0.6) is 11.5 Å². The Morgan fingerprint density at radius 1 is 0.452 bits per heavy atom. The standard InChI is InChI=1S/C13H10.2C6H6O.C2H6O2/c1-3-7-12-10(5-1)9-11-6-2-4-8-13(11)12;2*7-6-4-2-1-3-5-6;3-1-2-4/h1-8H,9H2;2*1-5,7H;3-4H,1-2H2.